The highest BCUT2D eigenvalue weighted by molar-refractivity contribution is 7.92. The molecule has 0 atom stereocenters. The Balaban J connectivity index is 1.37. The number of amides is 1. The fraction of sp³-hybridized carbons (Fsp3) is 0.190. The van der Waals surface area contributed by atoms with Crippen LogP contribution in [0.15, 0.2) is 53.7 Å². The van der Waals surface area contributed by atoms with E-state index in [4.69, 9.17) is 4.74 Å². The number of carbonyl (C=O) groups is 1. The quantitative estimate of drug-likeness (QED) is 0.654. The molecule has 5 rings (SSSR count). The van der Waals surface area contributed by atoms with Crippen LogP contribution < -0.4 is 14.4 Å². The number of benzene rings is 2. The predicted molar refractivity (Wildman–Crippen MR) is 110 cm³/mol. The number of aromatic nitrogens is 2. The largest absolute Gasteiger partial charge is 0.421 e. The van der Waals surface area contributed by atoms with Gasteiger partial charge in [-0.05, 0) is 48.2 Å². The van der Waals surface area contributed by atoms with Crippen LogP contribution in [0, 0.1) is 5.82 Å². The number of halogens is 1. The Kier molecular flexibility index (Phi) is 4.58. The van der Waals surface area contributed by atoms with Gasteiger partial charge in [-0.2, -0.15) is 0 Å². The number of hydrogen-bond acceptors (Lipinski definition) is 6. The zero-order valence-corrected chi connectivity index (χ0v) is 17.0. The summed E-state index contributed by atoms with van der Waals surface area (Å²) in [5.41, 5.74) is 2.72. The summed E-state index contributed by atoms with van der Waals surface area (Å²) in [4.78, 5) is 21.8. The Morgan fingerprint density at radius 3 is 2.48 bits per heavy atom. The summed E-state index contributed by atoms with van der Waals surface area (Å²) in [6, 6.07) is 8.93. The first-order valence-corrected chi connectivity index (χ1v) is 11.1. The highest BCUT2D eigenvalue weighted by atomic mass is 32.2. The van der Waals surface area contributed by atoms with E-state index in [9.17, 15) is 17.6 Å². The molecule has 0 saturated heterocycles. The van der Waals surface area contributed by atoms with Crippen LogP contribution in [-0.2, 0) is 27.7 Å². The molecular weight excluding hydrogens is 423 g/mol. The average Bonchev–Trinajstić information content (AvgIpc) is 3.19. The number of hydrogen-bond donors (Lipinski definition) is 1. The van der Waals surface area contributed by atoms with Gasteiger partial charge in [-0.3, -0.25) is 9.52 Å². The molecule has 0 fully saturated rings. The molecule has 2 aliphatic rings. The van der Waals surface area contributed by atoms with Crippen LogP contribution in [0.5, 0.6) is 11.8 Å². The maximum absolute atomic E-state index is 13.7. The van der Waals surface area contributed by atoms with Crippen molar-refractivity contribution in [2.45, 2.75) is 24.2 Å². The first-order valence-electron chi connectivity index (χ1n) is 9.64. The number of ether oxygens (including phenoxy) is 1. The van der Waals surface area contributed by atoms with Crippen molar-refractivity contribution in [2.75, 3.05) is 16.2 Å². The summed E-state index contributed by atoms with van der Waals surface area (Å²) in [5, 5.41) is 0. The molecule has 3 aromatic rings. The fourth-order valence-electron chi connectivity index (χ4n) is 3.84. The minimum atomic E-state index is -3.89. The molecule has 2 aromatic carbocycles. The Morgan fingerprint density at radius 1 is 1.03 bits per heavy atom. The molecule has 31 heavy (non-hydrogen) atoms. The van der Waals surface area contributed by atoms with E-state index in [-0.39, 0.29) is 28.3 Å². The van der Waals surface area contributed by atoms with Gasteiger partial charge in [0.15, 0.2) is 11.6 Å². The second-order valence-corrected chi connectivity index (χ2v) is 8.96. The lowest BCUT2D eigenvalue weighted by molar-refractivity contribution is -0.118. The van der Waals surface area contributed by atoms with Crippen LogP contribution in [-0.4, -0.2) is 30.8 Å². The molecule has 0 saturated carbocycles. The van der Waals surface area contributed by atoms with Crippen molar-refractivity contribution in [3.63, 3.8) is 0 Å². The minimum Gasteiger partial charge on any atom is -0.421 e. The monoisotopic (exact) mass is 440 g/mol. The van der Waals surface area contributed by atoms with Crippen molar-refractivity contribution >= 4 is 27.3 Å². The summed E-state index contributed by atoms with van der Waals surface area (Å²) in [5.74, 6) is -0.512. The molecule has 0 radical (unpaired) electrons. The highest BCUT2D eigenvalue weighted by Gasteiger charge is 2.33. The van der Waals surface area contributed by atoms with Gasteiger partial charge >= 0.3 is 6.01 Å². The van der Waals surface area contributed by atoms with E-state index in [0.29, 0.717) is 25.8 Å². The number of sulfonamides is 1. The van der Waals surface area contributed by atoms with Crippen LogP contribution in [0.3, 0.4) is 0 Å². The molecule has 0 bridgehead atoms. The molecule has 0 unspecified atom stereocenters. The summed E-state index contributed by atoms with van der Waals surface area (Å²) < 4.78 is 47.3. The Bertz CT molecular complexity index is 1300. The fourth-order valence-corrected chi connectivity index (χ4v) is 4.97. The Labute approximate surface area is 177 Å². The van der Waals surface area contributed by atoms with E-state index in [2.05, 4.69) is 14.7 Å². The van der Waals surface area contributed by atoms with E-state index in [1.54, 1.807) is 23.1 Å². The van der Waals surface area contributed by atoms with Crippen LogP contribution >= 0.6 is 0 Å². The van der Waals surface area contributed by atoms with Crippen LogP contribution in [0.25, 0.3) is 0 Å². The number of nitrogens with zero attached hydrogens (tertiary/aromatic N) is 3. The molecule has 10 heteroatoms. The van der Waals surface area contributed by atoms with Crippen LogP contribution in [0.1, 0.15) is 17.5 Å². The van der Waals surface area contributed by atoms with E-state index < -0.39 is 15.8 Å². The van der Waals surface area contributed by atoms with Gasteiger partial charge in [0, 0.05) is 13.0 Å². The van der Waals surface area contributed by atoms with Gasteiger partial charge in [0.05, 0.1) is 28.7 Å². The maximum atomic E-state index is 13.7. The van der Waals surface area contributed by atoms with E-state index in [0.717, 1.165) is 16.8 Å². The summed E-state index contributed by atoms with van der Waals surface area (Å²) >= 11 is 0. The third-order valence-corrected chi connectivity index (χ3v) is 6.61. The van der Waals surface area contributed by atoms with Crippen molar-refractivity contribution in [1.82, 2.24) is 9.97 Å². The van der Waals surface area contributed by atoms with Crippen LogP contribution in [0.2, 0.25) is 0 Å². The zero-order chi connectivity index (χ0) is 21.6. The number of carbonyl (C=O) groups excluding carboxylic acids is 1. The summed E-state index contributed by atoms with van der Waals surface area (Å²) in [6.07, 6.45) is 4.02. The van der Waals surface area contributed by atoms with Gasteiger partial charge in [-0.1, -0.05) is 12.1 Å². The number of nitrogens with one attached hydrogen (secondary N) is 1. The molecule has 8 nitrogen and oxygen atoms in total. The molecule has 0 aliphatic carbocycles. The van der Waals surface area contributed by atoms with Gasteiger partial charge in [0.25, 0.3) is 10.0 Å². The van der Waals surface area contributed by atoms with Crippen molar-refractivity contribution in [1.29, 1.82) is 0 Å². The van der Waals surface area contributed by atoms with Gasteiger partial charge in [-0.15, -0.1) is 0 Å². The van der Waals surface area contributed by atoms with E-state index in [1.807, 2.05) is 0 Å². The molecule has 158 valence electrons. The predicted octanol–water partition coefficient (Wildman–Crippen LogP) is 3.04. The first kappa shape index (κ1) is 19.4. The average molecular weight is 440 g/mol. The van der Waals surface area contributed by atoms with Crippen molar-refractivity contribution in [3.8, 4) is 11.8 Å². The number of para-hydroxylation sites is 1. The first-order chi connectivity index (χ1) is 14.9. The third-order valence-electron chi connectivity index (χ3n) is 5.25. The lowest BCUT2D eigenvalue weighted by Crippen LogP contribution is -2.33. The van der Waals surface area contributed by atoms with Gasteiger partial charge in [0.1, 0.15) is 0 Å². The standard InChI is InChI=1S/C21H17FN4O4S/c22-17-3-1-2-4-18(17)30-21-23-11-15(12-24-21)25-31(28,29)16-9-13-5-6-19(27)26-8-7-14(10-16)20(13)26/h1-4,9-12,25H,5-8H2. The number of aryl methyl sites for hydroxylation is 1. The van der Waals surface area contributed by atoms with E-state index in [1.165, 1.54) is 30.6 Å². The second kappa shape index (κ2) is 7.31. The molecule has 1 amide bonds. The zero-order valence-electron chi connectivity index (χ0n) is 16.2. The third kappa shape index (κ3) is 3.59. The van der Waals surface area contributed by atoms with Crippen molar-refractivity contribution < 1.29 is 22.3 Å². The smallest absolute Gasteiger partial charge is 0.322 e. The van der Waals surface area contributed by atoms with Gasteiger partial charge in [-0.25, -0.2) is 22.8 Å². The minimum absolute atomic E-state index is 0.0320. The van der Waals surface area contributed by atoms with Crippen LogP contribution in [0.4, 0.5) is 15.8 Å². The van der Waals surface area contributed by atoms with Gasteiger partial charge in [0.2, 0.25) is 5.91 Å². The summed E-state index contributed by atoms with van der Waals surface area (Å²) in [6.45, 7) is 0.579. The topological polar surface area (TPSA) is 101 Å². The second-order valence-electron chi connectivity index (χ2n) is 7.28. The normalized spacial score (nSPS) is 15.0. The Morgan fingerprint density at radius 2 is 1.74 bits per heavy atom. The maximum Gasteiger partial charge on any atom is 0.322 e. The highest BCUT2D eigenvalue weighted by Crippen LogP contribution is 2.38. The molecule has 0 spiro atoms. The van der Waals surface area contributed by atoms with Crippen molar-refractivity contribution in [2.24, 2.45) is 0 Å². The van der Waals surface area contributed by atoms with Crippen molar-refractivity contribution in [3.05, 3.63) is 65.7 Å². The lowest BCUT2D eigenvalue weighted by atomic mass is 10.00. The van der Waals surface area contributed by atoms with Gasteiger partial charge < -0.3 is 9.64 Å². The van der Waals surface area contributed by atoms with E-state index >= 15 is 0 Å². The SMILES string of the molecule is O=C1CCc2cc(S(=O)(=O)Nc3cnc(Oc4ccccc4F)nc3)cc3c2N1CC3. The lowest BCUT2D eigenvalue weighted by Gasteiger charge is -2.25. The molecular formula is C21H17FN4O4S. The number of rotatable bonds is 5. The molecule has 1 N–H and O–H groups in total. The number of anilines is 2. The molecule has 2 aliphatic heterocycles. The molecule has 3 heterocycles. The summed E-state index contributed by atoms with van der Waals surface area (Å²) in [7, 11) is -3.89. The molecule has 1 aromatic heterocycles. The Hall–Kier alpha value is -3.53.